The van der Waals surface area contributed by atoms with Crippen molar-refractivity contribution in [1.82, 2.24) is 0 Å². The molecule has 5 nitrogen and oxygen atoms in total. The van der Waals surface area contributed by atoms with Crippen LogP contribution in [0.4, 0.5) is 5.69 Å². The Hall–Kier alpha value is -1.63. The number of halogens is 2. The van der Waals surface area contributed by atoms with E-state index in [-0.39, 0.29) is 20.6 Å². The third-order valence-corrected chi connectivity index (χ3v) is 5.16. The predicted octanol–water partition coefficient (Wildman–Crippen LogP) is 3.81. The molecule has 0 unspecified atom stereocenters. The minimum Gasteiger partial charge on any atom is -0.497 e. The first-order valence-electron chi connectivity index (χ1n) is 6.08. The summed E-state index contributed by atoms with van der Waals surface area (Å²) in [5, 5.41) is 0.0694. The van der Waals surface area contributed by atoms with Gasteiger partial charge in [0, 0.05) is 6.07 Å². The van der Waals surface area contributed by atoms with Crippen LogP contribution >= 0.6 is 23.2 Å². The second kappa shape index (κ2) is 6.64. The minimum atomic E-state index is -3.96. The average molecular weight is 362 g/mol. The number of methoxy groups -OCH3 is 2. The number of rotatable bonds is 5. The number of ether oxygens (including phenoxy) is 2. The van der Waals surface area contributed by atoms with Crippen LogP contribution < -0.4 is 14.2 Å². The van der Waals surface area contributed by atoms with Crippen LogP contribution in [0.25, 0.3) is 0 Å². The Bertz CT molecular complexity index is 773. The van der Waals surface area contributed by atoms with E-state index in [0.717, 1.165) is 0 Å². The molecule has 0 aromatic heterocycles. The topological polar surface area (TPSA) is 64.6 Å². The van der Waals surface area contributed by atoms with E-state index < -0.39 is 10.0 Å². The van der Waals surface area contributed by atoms with Crippen LogP contribution in [0.15, 0.2) is 41.3 Å². The van der Waals surface area contributed by atoms with Gasteiger partial charge in [-0.15, -0.1) is 0 Å². The van der Waals surface area contributed by atoms with E-state index in [2.05, 4.69) is 4.72 Å². The molecule has 0 saturated heterocycles. The second-order valence-electron chi connectivity index (χ2n) is 4.22. The van der Waals surface area contributed by atoms with Gasteiger partial charge in [-0.05, 0) is 24.3 Å². The molecule has 0 atom stereocenters. The zero-order valence-corrected chi connectivity index (χ0v) is 14.1. The van der Waals surface area contributed by atoms with Crippen molar-refractivity contribution in [1.29, 1.82) is 0 Å². The molecule has 0 saturated carbocycles. The molecule has 118 valence electrons. The highest BCUT2D eigenvalue weighted by atomic mass is 35.5. The van der Waals surface area contributed by atoms with Crippen molar-refractivity contribution in [2.24, 2.45) is 0 Å². The van der Waals surface area contributed by atoms with E-state index in [9.17, 15) is 8.42 Å². The Balaban J connectivity index is 2.45. The number of benzene rings is 2. The molecule has 0 aliphatic rings. The van der Waals surface area contributed by atoms with Crippen molar-refractivity contribution >= 4 is 38.9 Å². The van der Waals surface area contributed by atoms with Crippen molar-refractivity contribution in [2.75, 3.05) is 18.9 Å². The maximum atomic E-state index is 12.5. The summed E-state index contributed by atoms with van der Waals surface area (Å²) in [6.45, 7) is 0. The maximum Gasteiger partial charge on any atom is 0.264 e. The van der Waals surface area contributed by atoms with Crippen molar-refractivity contribution in [3.05, 3.63) is 46.4 Å². The van der Waals surface area contributed by atoms with Crippen LogP contribution in [0, 0.1) is 0 Å². The SMILES string of the molecule is COc1ccc(NS(=O)(=O)c2c(Cl)cccc2Cl)c(OC)c1. The smallest absolute Gasteiger partial charge is 0.264 e. The van der Waals surface area contributed by atoms with Gasteiger partial charge in [0.05, 0.1) is 30.0 Å². The first kappa shape index (κ1) is 16.7. The van der Waals surface area contributed by atoms with Crippen LogP contribution in [0.5, 0.6) is 11.5 Å². The summed E-state index contributed by atoms with van der Waals surface area (Å²) in [6.07, 6.45) is 0. The van der Waals surface area contributed by atoms with E-state index in [1.807, 2.05) is 0 Å². The molecule has 0 aliphatic carbocycles. The number of nitrogens with one attached hydrogen (secondary N) is 1. The van der Waals surface area contributed by atoms with Crippen LogP contribution in [-0.2, 0) is 10.0 Å². The summed E-state index contributed by atoms with van der Waals surface area (Å²) in [7, 11) is -1.03. The number of hydrogen-bond acceptors (Lipinski definition) is 4. The Labute approximate surface area is 138 Å². The molecule has 8 heteroatoms. The summed E-state index contributed by atoms with van der Waals surface area (Å²) >= 11 is 11.9. The molecule has 0 fully saturated rings. The summed E-state index contributed by atoms with van der Waals surface area (Å²) < 4.78 is 37.6. The fourth-order valence-corrected chi connectivity index (χ4v) is 4.03. The lowest BCUT2D eigenvalue weighted by Crippen LogP contribution is -2.14. The first-order chi connectivity index (χ1) is 10.4. The van der Waals surface area contributed by atoms with Gasteiger partial charge in [0.2, 0.25) is 0 Å². The molecule has 0 amide bonds. The van der Waals surface area contributed by atoms with E-state index in [0.29, 0.717) is 11.5 Å². The number of hydrogen-bond donors (Lipinski definition) is 1. The van der Waals surface area contributed by atoms with E-state index in [1.165, 1.54) is 32.4 Å². The molecule has 2 aromatic carbocycles. The van der Waals surface area contributed by atoms with Gasteiger partial charge in [-0.25, -0.2) is 8.42 Å². The van der Waals surface area contributed by atoms with Crippen molar-refractivity contribution in [3.8, 4) is 11.5 Å². The van der Waals surface area contributed by atoms with Gasteiger partial charge >= 0.3 is 0 Å². The van der Waals surface area contributed by atoms with Crippen molar-refractivity contribution in [2.45, 2.75) is 4.90 Å². The lowest BCUT2D eigenvalue weighted by molar-refractivity contribution is 0.395. The fourth-order valence-electron chi connectivity index (χ4n) is 1.82. The lowest BCUT2D eigenvalue weighted by Gasteiger charge is -2.14. The van der Waals surface area contributed by atoms with Crippen molar-refractivity contribution < 1.29 is 17.9 Å². The monoisotopic (exact) mass is 361 g/mol. The van der Waals surface area contributed by atoms with Gasteiger partial charge in [-0.1, -0.05) is 29.3 Å². The Morgan fingerprint density at radius 3 is 2.18 bits per heavy atom. The minimum absolute atomic E-state index is 0.0347. The molecule has 1 N–H and O–H groups in total. The van der Waals surface area contributed by atoms with Crippen LogP contribution in [-0.4, -0.2) is 22.6 Å². The average Bonchev–Trinajstić information content (AvgIpc) is 2.46. The zero-order chi connectivity index (χ0) is 16.3. The zero-order valence-electron chi connectivity index (χ0n) is 11.8. The molecule has 0 radical (unpaired) electrons. The second-order valence-corrected chi connectivity index (χ2v) is 6.66. The molecule has 0 aliphatic heterocycles. The standard InChI is InChI=1S/C14H13Cl2NO4S/c1-20-9-6-7-12(13(8-9)21-2)17-22(18,19)14-10(15)4-3-5-11(14)16/h3-8,17H,1-2H3. The van der Waals surface area contributed by atoms with Gasteiger partial charge in [0.25, 0.3) is 10.0 Å². The van der Waals surface area contributed by atoms with E-state index in [4.69, 9.17) is 32.7 Å². The lowest BCUT2D eigenvalue weighted by atomic mass is 10.3. The van der Waals surface area contributed by atoms with Crippen LogP contribution in [0.1, 0.15) is 0 Å². The molecule has 2 rings (SSSR count). The summed E-state index contributed by atoms with van der Waals surface area (Å²) in [4.78, 5) is -0.184. The van der Waals surface area contributed by atoms with Gasteiger partial charge in [-0.2, -0.15) is 0 Å². The molecule has 2 aromatic rings. The van der Waals surface area contributed by atoms with Gasteiger partial charge in [-0.3, -0.25) is 4.72 Å². The molecule has 0 bridgehead atoms. The van der Waals surface area contributed by atoms with Crippen LogP contribution in [0.2, 0.25) is 10.0 Å². The van der Waals surface area contributed by atoms with Gasteiger partial charge in [0.1, 0.15) is 16.4 Å². The highest BCUT2D eigenvalue weighted by Crippen LogP contribution is 2.34. The summed E-state index contributed by atoms with van der Waals surface area (Å²) in [6, 6.07) is 9.17. The highest BCUT2D eigenvalue weighted by molar-refractivity contribution is 7.93. The maximum absolute atomic E-state index is 12.5. The molecular weight excluding hydrogens is 349 g/mol. The van der Waals surface area contributed by atoms with Gasteiger partial charge in [0.15, 0.2) is 0 Å². The Morgan fingerprint density at radius 1 is 1.00 bits per heavy atom. The highest BCUT2D eigenvalue weighted by Gasteiger charge is 2.23. The third kappa shape index (κ3) is 3.40. The molecule has 0 spiro atoms. The van der Waals surface area contributed by atoms with Crippen molar-refractivity contribution in [3.63, 3.8) is 0 Å². The molecule has 22 heavy (non-hydrogen) atoms. The van der Waals surface area contributed by atoms with E-state index >= 15 is 0 Å². The molecule has 0 heterocycles. The predicted molar refractivity (Wildman–Crippen MR) is 86.8 cm³/mol. The normalized spacial score (nSPS) is 11.1. The van der Waals surface area contributed by atoms with Crippen LogP contribution in [0.3, 0.4) is 0 Å². The largest absolute Gasteiger partial charge is 0.497 e. The number of sulfonamides is 1. The first-order valence-corrected chi connectivity index (χ1v) is 8.32. The Kier molecular flexibility index (Phi) is 5.05. The third-order valence-electron chi connectivity index (χ3n) is 2.84. The fraction of sp³-hybridized carbons (Fsp3) is 0.143. The Morgan fingerprint density at radius 2 is 1.64 bits per heavy atom. The number of anilines is 1. The summed E-state index contributed by atoms with van der Waals surface area (Å²) in [5.41, 5.74) is 0.249. The summed E-state index contributed by atoms with van der Waals surface area (Å²) in [5.74, 6) is 0.849. The van der Waals surface area contributed by atoms with Gasteiger partial charge < -0.3 is 9.47 Å². The quantitative estimate of drug-likeness (QED) is 0.879. The molecular formula is C14H13Cl2NO4S. The van der Waals surface area contributed by atoms with E-state index in [1.54, 1.807) is 18.2 Å².